The molecule has 0 bridgehead atoms. The molecule has 1 aromatic heterocycles. The van der Waals surface area contributed by atoms with Gasteiger partial charge in [0.25, 0.3) is 5.78 Å². The second-order valence-corrected chi connectivity index (χ2v) is 9.71. The molecule has 1 saturated heterocycles. The molecule has 1 atom stereocenters. The summed E-state index contributed by atoms with van der Waals surface area (Å²) in [5.41, 5.74) is 2.56. The first-order chi connectivity index (χ1) is 17.3. The average Bonchev–Trinajstić information content (AvgIpc) is 3.40. The van der Waals surface area contributed by atoms with Gasteiger partial charge in [-0.1, -0.05) is 52.8 Å². The van der Waals surface area contributed by atoms with Crippen molar-refractivity contribution in [3.63, 3.8) is 0 Å². The molecular weight excluding hydrogens is 500 g/mol. The van der Waals surface area contributed by atoms with Crippen molar-refractivity contribution in [2.24, 2.45) is 0 Å². The molecule has 182 valence electrons. The zero-order valence-corrected chi connectivity index (χ0v) is 21.2. The van der Waals surface area contributed by atoms with E-state index in [1.54, 1.807) is 36.4 Å². The van der Waals surface area contributed by atoms with Gasteiger partial charge in [0.15, 0.2) is 16.6 Å². The predicted octanol–water partition coefficient (Wildman–Crippen LogP) is 5.90. The first kappa shape index (κ1) is 23.8. The number of carbonyl (C=O) groups is 2. The average molecular weight is 521 g/mol. The fourth-order valence-corrected chi connectivity index (χ4v) is 5.58. The highest BCUT2D eigenvalue weighted by molar-refractivity contribution is 7.22. The third-order valence-corrected chi connectivity index (χ3v) is 7.26. The normalized spacial score (nSPS) is 17.1. The van der Waals surface area contributed by atoms with Gasteiger partial charge in [-0.15, -0.1) is 0 Å². The zero-order valence-electron chi connectivity index (χ0n) is 19.6. The Balaban J connectivity index is 1.73. The van der Waals surface area contributed by atoms with Gasteiger partial charge >= 0.3 is 5.91 Å². The number of amides is 1. The number of aliphatic hydroxyl groups excluding tert-OH is 1. The first-order valence-corrected chi connectivity index (χ1v) is 12.2. The number of Topliss-reactive ketones (excluding diaryl/α,β-unsaturated/α-hetero) is 1. The molecule has 1 amide bonds. The Morgan fingerprint density at radius 3 is 2.53 bits per heavy atom. The summed E-state index contributed by atoms with van der Waals surface area (Å²) >= 11 is 7.40. The molecule has 3 aromatic carbocycles. The van der Waals surface area contributed by atoms with E-state index in [0.29, 0.717) is 38.3 Å². The van der Waals surface area contributed by atoms with Crippen LogP contribution in [0.3, 0.4) is 0 Å². The number of hydrogen-bond donors (Lipinski definition) is 1. The molecule has 1 fully saturated rings. The highest BCUT2D eigenvalue weighted by Gasteiger charge is 2.48. The minimum Gasteiger partial charge on any atom is -0.507 e. The molecule has 9 heteroatoms. The summed E-state index contributed by atoms with van der Waals surface area (Å²) in [6.07, 6.45) is 0. The quantitative estimate of drug-likeness (QED) is 0.200. The lowest BCUT2D eigenvalue weighted by Crippen LogP contribution is -2.29. The van der Waals surface area contributed by atoms with Crippen LogP contribution in [0.5, 0.6) is 11.5 Å². The van der Waals surface area contributed by atoms with Crippen LogP contribution in [0.4, 0.5) is 5.13 Å². The Morgan fingerprint density at radius 1 is 1.03 bits per heavy atom. The minimum absolute atomic E-state index is 0.0323. The van der Waals surface area contributed by atoms with Crippen molar-refractivity contribution in [3.8, 4) is 11.5 Å². The fourth-order valence-electron chi connectivity index (χ4n) is 4.31. The van der Waals surface area contributed by atoms with Crippen LogP contribution in [0.1, 0.15) is 22.7 Å². The van der Waals surface area contributed by atoms with Crippen LogP contribution in [0.2, 0.25) is 5.02 Å². The number of aryl methyl sites for hydroxylation is 1. The van der Waals surface area contributed by atoms with Gasteiger partial charge in [-0.05, 0) is 48.9 Å². The lowest BCUT2D eigenvalue weighted by atomic mass is 9.94. The molecule has 1 unspecified atom stereocenters. The molecular formula is C27H21ClN2O5S. The number of halogens is 1. The Kier molecular flexibility index (Phi) is 6.15. The van der Waals surface area contributed by atoms with Gasteiger partial charge in [-0.25, -0.2) is 4.98 Å². The van der Waals surface area contributed by atoms with Crippen molar-refractivity contribution < 1.29 is 24.2 Å². The van der Waals surface area contributed by atoms with E-state index in [-0.39, 0.29) is 11.3 Å². The number of nitrogens with zero attached hydrogens (tertiary/aromatic N) is 2. The largest absolute Gasteiger partial charge is 0.507 e. The van der Waals surface area contributed by atoms with E-state index >= 15 is 0 Å². The molecule has 1 aliphatic rings. The number of hydrogen-bond acceptors (Lipinski definition) is 7. The summed E-state index contributed by atoms with van der Waals surface area (Å²) in [5, 5.41) is 12.3. The van der Waals surface area contributed by atoms with Crippen LogP contribution in [0.15, 0.2) is 66.2 Å². The van der Waals surface area contributed by atoms with Gasteiger partial charge < -0.3 is 14.6 Å². The van der Waals surface area contributed by atoms with Gasteiger partial charge in [0, 0.05) is 10.6 Å². The second-order valence-electron chi connectivity index (χ2n) is 8.26. The summed E-state index contributed by atoms with van der Waals surface area (Å²) < 4.78 is 11.4. The number of fused-ring (bicyclic) bond motifs is 1. The van der Waals surface area contributed by atoms with Gasteiger partial charge in [-0.2, -0.15) is 0 Å². The van der Waals surface area contributed by atoms with Crippen LogP contribution >= 0.6 is 22.9 Å². The fraction of sp³-hybridized carbons (Fsp3) is 0.148. The zero-order chi connectivity index (χ0) is 25.6. The molecule has 0 spiro atoms. The standard InChI is InChI=1S/C27H21ClN2O5S/c1-14-5-4-6-15(11-14)23-22(24(31)16-7-10-19(34-2)20(12-16)35-3)25(32)26(33)30(23)27-29-18-9-8-17(28)13-21(18)36-27/h4-13,23,31H,1-3H3/b24-22+. The molecule has 0 saturated carbocycles. The lowest BCUT2D eigenvalue weighted by molar-refractivity contribution is -0.132. The number of thiazole rings is 1. The highest BCUT2D eigenvalue weighted by Crippen LogP contribution is 2.45. The third-order valence-electron chi connectivity index (χ3n) is 6.00. The Morgan fingerprint density at radius 2 is 1.81 bits per heavy atom. The molecule has 36 heavy (non-hydrogen) atoms. The van der Waals surface area contributed by atoms with Gasteiger partial charge in [0.05, 0.1) is 36.1 Å². The van der Waals surface area contributed by atoms with Crippen LogP contribution in [-0.4, -0.2) is 36.0 Å². The van der Waals surface area contributed by atoms with Crippen molar-refractivity contribution in [2.45, 2.75) is 13.0 Å². The van der Waals surface area contributed by atoms with Crippen LogP contribution < -0.4 is 14.4 Å². The van der Waals surface area contributed by atoms with Crippen LogP contribution in [-0.2, 0) is 9.59 Å². The molecule has 2 heterocycles. The van der Waals surface area contributed by atoms with Crippen molar-refractivity contribution in [1.29, 1.82) is 0 Å². The van der Waals surface area contributed by atoms with Crippen molar-refractivity contribution in [1.82, 2.24) is 4.98 Å². The molecule has 0 aliphatic carbocycles. The molecule has 0 radical (unpaired) electrons. The lowest BCUT2D eigenvalue weighted by Gasteiger charge is -2.23. The number of ether oxygens (including phenoxy) is 2. The van der Waals surface area contributed by atoms with Crippen LogP contribution in [0, 0.1) is 6.92 Å². The molecule has 4 aromatic rings. The van der Waals surface area contributed by atoms with Gasteiger partial charge in [0.1, 0.15) is 5.76 Å². The summed E-state index contributed by atoms with van der Waals surface area (Å²) in [5.74, 6) is -1.03. The number of methoxy groups -OCH3 is 2. The van der Waals surface area contributed by atoms with Crippen molar-refractivity contribution >= 4 is 55.7 Å². The summed E-state index contributed by atoms with van der Waals surface area (Å²) in [7, 11) is 2.98. The predicted molar refractivity (Wildman–Crippen MR) is 140 cm³/mol. The molecule has 1 N–H and O–H groups in total. The molecule has 7 nitrogen and oxygen atoms in total. The maximum absolute atomic E-state index is 13.4. The number of ketones is 1. The highest BCUT2D eigenvalue weighted by atomic mass is 35.5. The summed E-state index contributed by atoms with van der Waals surface area (Å²) in [6.45, 7) is 1.92. The van der Waals surface area contributed by atoms with E-state index in [1.807, 2.05) is 31.2 Å². The summed E-state index contributed by atoms with van der Waals surface area (Å²) in [4.78, 5) is 32.8. The maximum atomic E-state index is 13.4. The third kappa shape index (κ3) is 3.98. The molecule has 1 aliphatic heterocycles. The number of aromatic nitrogens is 1. The first-order valence-electron chi connectivity index (χ1n) is 11.0. The Hall–Kier alpha value is -3.88. The SMILES string of the molecule is COc1ccc(/C(O)=C2\C(=O)C(=O)N(c3nc4ccc(Cl)cc4s3)C2c2cccc(C)c2)cc1OC. The molecule has 5 rings (SSSR count). The van der Waals surface area contributed by atoms with Crippen LogP contribution in [0.25, 0.3) is 16.0 Å². The topological polar surface area (TPSA) is 89.0 Å². The minimum atomic E-state index is -0.881. The number of rotatable bonds is 5. The van der Waals surface area contributed by atoms with Crippen molar-refractivity contribution in [3.05, 3.63) is 87.9 Å². The number of carbonyl (C=O) groups excluding carboxylic acids is 2. The Bertz CT molecular complexity index is 1560. The van der Waals surface area contributed by atoms with Gasteiger partial charge in [-0.3, -0.25) is 14.5 Å². The van der Waals surface area contributed by atoms with Crippen molar-refractivity contribution in [2.75, 3.05) is 19.1 Å². The van der Waals surface area contributed by atoms with Gasteiger partial charge in [0.2, 0.25) is 0 Å². The Labute approximate surface area is 216 Å². The van der Waals surface area contributed by atoms with E-state index in [2.05, 4.69) is 4.98 Å². The number of anilines is 1. The van der Waals surface area contributed by atoms with E-state index in [9.17, 15) is 14.7 Å². The second kappa shape index (κ2) is 9.29. The monoisotopic (exact) mass is 520 g/mol. The number of benzene rings is 3. The van der Waals surface area contributed by atoms with E-state index in [1.165, 1.54) is 30.5 Å². The van der Waals surface area contributed by atoms with E-state index < -0.39 is 17.7 Å². The maximum Gasteiger partial charge on any atom is 0.301 e. The number of aliphatic hydroxyl groups is 1. The van der Waals surface area contributed by atoms with E-state index in [4.69, 9.17) is 21.1 Å². The smallest absolute Gasteiger partial charge is 0.301 e. The van der Waals surface area contributed by atoms with E-state index in [0.717, 1.165) is 10.3 Å². The summed E-state index contributed by atoms with van der Waals surface area (Å²) in [6, 6.07) is 16.6.